The predicted molar refractivity (Wildman–Crippen MR) is 107 cm³/mol. The van der Waals surface area contributed by atoms with Crippen LogP contribution in [0.1, 0.15) is 17.2 Å². The highest BCUT2D eigenvalue weighted by Crippen LogP contribution is 2.33. The van der Waals surface area contributed by atoms with Gasteiger partial charge in [-0.15, -0.1) is 0 Å². The molecule has 0 radical (unpaired) electrons. The summed E-state index contributed by atoms with van der Waals surface area (Å²) in [6.45, 7) is 1.83. The Bertz CT molecular complexity index is 840. The van der Waals surface area contributed by atoms with Crippen molar-refractivity contribution in [1.82, 2.24) is 15.5 Å². The van der Waals surface area contributed by atoms with E-state index >= 15 is 0 Å². The van der Waals surface area contributed by atoms with Gasteiger partial charge in [0.15, 0.2) is 5.11 Å². The smallest absolute Gasteiger partial charge is 0.171 e. The maximum absolute atomic E-state index is 5.50. The van der Waals surface area contributed by atoms with Crippen LogP contribution in [0, 0.1) is 0 Å². The molecule has 1 atom stereocenters. The standard InChI is InChI=1S/C21H21N3S/c1-24-13-17(12-15-8-4-2-5-9-15)20-18(14-24)19(22-21(25)23-20)16-10-6-3-7-11-16/h2-12,19H,13-14H2,1H3,(H2,22,23,25)/b17-12+. The van der Waals surface area contributed by atoms with Crippen molar-refractivity contribution in [2.24, 2.45) is 0 Å². The molecule has 0 aliphatic carbocycles. The minimum Gasteiger partial charge on any atom is -0.352 e. The first-order valence-corrected chi connectivity index (χ1v) is 8.91. The number of thiocarbonyl (C=S) groups is 1. The first-order chi connectivity index (χ1) is 12.2. The Kier molecular flexibility index (Phi) is 4.38. The van der Waals surface area contributed by atoms with E-state index in [2.05, 4.69) is 77.2 Å². The molecule has 0 amide bonds. The maximum Gasteiger partial charge on any atom is 0.171 e. The van der Waals surface area contributed by atoms with Crippen molar-refractivity contribution in [2.75, 3.05) is 20.1 Å². The summed E-state index contributed by atoms with van der Waals surface area (Å²) in [5.74, 6) is 0. The molecular formula is C21H21N3S. The molecule has 2 aliphatic heterocycles. The molecule has 0 saturated carbocycles. The summed E-state index contributed by atoms with van der Waals surface area (Å²) in [5, 5.41) is 7.55. The first-order valence-electron chi connectivity index (χ1n) is 8.51. The quantitative estimate of drug-likeness (QED) is 0.813. The lowest BCUT2D eigenvalue weighted by Gasteiger charge is -2.39. The van der Waals surface area contributed by atoms with Crippen LogP contribution < -0.4 is 10.6 Å². The minimum absolute atomic E-state index is 0.117. The number of hydrogen-bond acceptors (Lipinski definition) is 2. The Morgan fingerprint density at radius 3 is 2.40 bits per heavy atom. The molecule has 1 unspecified atom stereocenters. The zero-order valence-electron chi connectivity index (χ0n) is 14.2. The number of likely N-dealkylation sites (N-methyl/N-ethyl adjacent to an activating group) is 1. The maximum atomic E-state index is 5.50. The third-order valence-electron chi connectivity index (χ3n) is 4.66. The highest BCUT2D eigenvalue weighted by molar-refractivity contribution is 7.80. The molecule has 0 spiro atoms. The van der Waals surface area contributed by atoms with Gasteiger partial charge in [0.1, 0.15) is 0 Å². The van der Waals surface area contributed by atoms with Gasteiger partial charge < -0.3 is 10.6 Å². The first kappa shape index (κ1) is 16.1. The fourth-order valence-corrected chi connectivity index (χ4v) is 3.78. The van der Waals surface area contributed by atoms with Crippen LogP contribution in [0.15, 0.2) is 77.5 Å². The molecule has 25 heavy (non-hydrogen) atoms. The second kappa shape index (κ2) is 6.82. The van der Waals surface area contributed by atoms with Crippen LogP contribution >= 0.6 is 12.2 Å². The monoisotopic (exact) mass is 347 g/mol. The van der Waals surface area contributed by atoms with Gasteiger partial charge in [-0.3, -0.25) is 4.90 Å². The molecule has 2 aromatic rings. The van der Waals surface area contributed by atoms with E-state index in [1.165, 1.54) is 28.0 Å². The molecule has 2 aromatic carbocycles. The number of rotatable bonds is 2. The van der Waals surface area contributed by atoms with Gasteiger partial charge in [0.2, 0.25) is 0 Å². The molecule has 4 rings (SSSR count). The topological polar surface area (TPSA) is 27.3 Å². The zero-order valence-corrected chi connectivity index (χ0v) is 15.0. The van der Waals surface area contributed by atoms with Crippen molar-refractivity contribution < 1.29 is 0 Å². The lowest BCUT2D eigenvalue weighted by Crippen LogP contribution is -2.49. The molecule has 2 heterocycles. The van der Waals surface area contributed by atoms with E-state index in [4.69, 9.17) is 12.2 Å². The minimum atomic E-state index is 0.117. The van der Waals surface area contributed by atoms with Gasteiger partial charge in [-0.1, -0.05) is 60.7 Å². The van der Waals surface area contributed by atoms with Crippen molar-refractivity contribution in [3.63, 3.8) is 0 Å². The zero-order chi connectivity index (χ0) is 17.2. The summed E-state index contributed by atoms with van der Waals surface area (Å²) >= 11 is 5.50. The Hall–Kier alpha value is -2.43. The van der Waals surface area contributed by atoms with Crippen molar-refractivity contribution in [2.45, 2.75) is 6.04 Å². The number of nitrogens with zero attached hydrogens (tertiary/aromatic N) is 1. The summed E-state index contributed by atoms with van der Waals surface area (Å²) < 4.78 is 0. The predicted octanol–water partition coefficient (Wildman–Crippen LogP) is 3.49. The largest absolute Gasteiger partial charge is 0.352 e. The lowest BCUT2D eigenvalue weighted by atomic mass is 9.89. The number of hydrogen-bond donors (Lipinski definition) is 2. The highest BCUT2D eigenvalue weighted by atomic mass is 32.1. The van der Waals surface area contributed by atoms with Crippen LogP contribution in [0.4, 0.5) is 0 Å². The summed E-state index contributed by atoms with van der Waals surface area (Å²) in [5.41, 5.74) is 6.25. The molecule has 0 aromatic heterocycles. The van der Waals surface area contributed by atoms with Crippen LogP contribution in [0.2, 0.25) is 0 Å². The van der Waals surface area contributed by atoms with E-state index in [0.717, 1.165) is 13.1 Å². The molecule has 0 bridgehead atoms. The van der Waals surface area contributed by atoms with Crippen molar-refractivity contribution in [3.05, 3.63) is 88.6 Å². The molecular weight excluding hydrogens is 326 g/mol. The fraction of sp³-hybridized carbons (Fsp3) is 0.190. The summed E-state index contributed by atoms with van der Waals surface area (Å²) in [6.07, 6.45) is 2.26. The number of benzene rings is 2. The van der Waals surface area contributed by atoms with Gasteiger partial charge in [0.05, 0.1) is 6.04 Å². The third kappa shape index (κ3) is 3.36. The Morgan fingerprint density at radius 1 is 1.00 bits per heavy atom. The van der Waals surface area contributed by atoms with Gasteiger partial charge in [0.25, 0.3) is 0 Å². The molecule has 3 nitrogen and oxygen atoms in total. The Balaban J connectivity index is 1.80. The van der Waals surface area contributed by atoms with Crippen LogP contribution in [-0.2, 0) is 0 Å². The van der Waals surface area contributed by atoms with E-state index < -0.39 is 0 Å². The van der Waals surface area contributed by atoms with Crippen molar-refractivity contribution in [3.8, 4) is 0 Å². The molecule has 2 N–H and O–H groups in total. The molecule has 0 fully saturated rings. The molecule has 126 valence electrons. The van der Waals surface area contributed by atoms with E-state index in [1.807, 2.05) is 12.1 Å². The molecule has 2 aliphatic rings. The van der Waals surface area contributed by atoms with Crippen molar-refractivity contribution in [1.29, 1.82) is 0 Å². The van der Waals surface area contributed by atoms with Gasteiger partial charge in [-0.05, 0) is 47.6 Å². The second-order valence-corrected chi connectivity index (χ2v) is 7.00. The average Bonchev–Trinajstić information content (AvgIpc) is 2.63. The van der Waals surface area contributed by atoms with Gasteiger partial charge in [-0.25, -0.2) is 0 Å². The van der Waals surface area contributed by atoms with E-state index in [1.54, 1.807) is 0 Å². The number of nitrogens with one attached hydrogen (secondary N) is 2. The fourth-order valence-electron chi connectivity index (χ4n) is 3.56. The normalized spacial score (nSPS) is 22.4. The average molecular weight is 347 g/mol. The van der Waals surface area contributed by atoms with E-state index in [-0.39, 0.29) is 6.04 Å². The Morgan fingerprint density at radius 2 is 1.68 bits per heavy atom. The highest BCUT2D eigenvalue weighted by Gasteiger charge is 2.31. The van der Waals surface area contributed by atoms with Gasteiger partial charge in [-0.2, -0.15) is 0 Å². The van der Waals surface area contributed by atoms with Crippen LogP contribution in [0.5, 0.6) is 0 Å². The molecule has 0 saturated heterocycles. The Labute approximate surface area is 154 Å². The van der Waals surface area contributed by atoms with Gasteiger partial charge >= 0.3 is 0 Å². The SMILES string of the molecule is CN1CC2=C(NC(=S)NC2c2ccccc2)/C(=C/c2ccccc2)C1. The summed E-state index contributed by atoms with van der Waals surface area (Å²) in [7, 11) is 2.16. The molecule has 4 heteroatoms. The van der Waals surface area contributed by atoms with Gasteiger partial charge in [0, 0.05) is 18.8 Å². The van der Waals surface area contributed by atoms with Crippen LogP contribution in [0.25, 0.3) is 6.08 Å². The second-order valence-electron chi connectivity index (χ2n) is 6.59. The van der Waals surface area contributed by atoms with Crippen LogP contribution in [-0.4, -0.2) is 30.1 Å². The van der Waals surface area contributed by atoms with Crippen molar-refractivity contribution >= 4 is 23.4 Å². The summed E-state index contributed by atoms with van der Waals surface area (Å²) in [4.78, 5) is 2.35. The van der Waals surface area contributed by atoms with Crippen LogP contribution in [0.3, 0.4) is 0 Å². The van der Waals surface area contributed by atoms with E-state index in [0.29, 0.717) is 5.11 Å². The van der Waals surface area contributed by atoms with E-state index in [9.17, 15) is 0 Å². The summed E-state index contributed by atoms with van der Waals surface area (Å²) in [6, 6.07) is 21.1. The lowest BCUT2D eigenvalue weighted by molar-refractivity contribution is 0.364. The third-order valence-corrected chi connectivity index (χ3v) is 4.88.